The maximum atomic E-state index is 12.3. The summed E-state index contributed by atoms with van der Waals surface area (Å²) >= 11 is 0. The highest BCUT2D eigenvalue weighted by atomic mass is 16.4. The normalized spacial score (nSPS) is 25.9. The SMILES string of the molecule is CCC(C(=O)N1CCC(O)C(C)(C)C1)C(N)=NO. The molecule has 104 valence electrons. The highest BCUT2D eigenvalue weighted by molar-refractivity contribution is 6.02. The summed E-state index contributed by atoms with van der Waals surface area (Å²) < 4.78 is 0. The number of nitrogens with two attached hydrogens (primary N) is 1. The first kappa shape index (κ1) is 14.8. The van der Waals surface area contributed by atoms with E-state index in [2.05, 4.69) is 5.16 Å². The predicted molar refractivity (Wildman–Crippen MR) is 68.2 cm³/mol. The van der Waals surface area contributed by atoms with Gasteiger partial charge in [0.25, 0.3) is 0 Å². The van der Waals surface area contributed by atoms with Crippen molar-refractivity contribution in [2.45, 2.75) is 39.7 Å². The number of likely N-dealkylation sites (tertiary alicyclic amines) is 1. The van der Waals surface area contributed by atoms with E-state index in [4.69, 9.17) is 10.9 Å². The van der Waals surface area contributed by atoms with Gasteiger partial charge in [0.2, 0.25) is 5.91 Å². The van der Waals surface area contributed by atoms with Crippen LogP contribution in [0.3, 0.4) is 0 Å². The Bertz CT molecular complexity index is 341. The summed E-state index contributed by atoms with van der Waals surface area (Å²) in [7, 11) is 0. The molecule has 0 aliphatic carbocycles. The van der Waals surface area contributed by atoms with Gasteiger partial charge in [-0.05, 0) is 12.8 Å². The molecule has 1 heterocycles. The molecule has 4 N–H and O–H groups in total. The van der Waals surface area contributed by atoms with Crippen LogP contribution in [0.5, 0.6) is 0 Å². The number of oxime groups is 1. The third-order valence-corrected chi connectivity index (χ3v) is 3.66. The average Bonchev–Trinajstić information content (AvgIpc) is 2.32. The number of carbonyl (C=O) groups excluding carboxylic acids is 1. The van der Waals surface area contributed by atoms with Crippen molar-refractivity contribution in [3.63, 3.8) is 0 Å². The Morgan fingerprint density at radius 2 is 2.22 bits per heavy atom. The minimum absolute atomic E-state index is 0.0496. The summed E-state index contributed by atoms with van der Waals surface area (Å²) in [6.07, 6.45) is 0.657. The van der Waals surface area contributed by atoms with Crippen LogP contribution in [-0.4, -0.2) is 46.1 Å². The molecule has 0 aromatic heterocycles. The fraction of sp³-hybridized carbons (Fsp3) is 0.833. The van der Waals surface area contributed by atoms with Gasteiger partial charge in [-0.25, -0.2) is 0 Å². The van der Waals surface area contributed by atoms with Crippen LogP contribution >= 0.6 is 0 Å². The van der Waals surface area contributed by atoms with Gasteiger partial charge in [-0.2, -0.15) is 0 Å². The van der Waals surface area contributed by atoms with Crippen LogP contribution in [0, 0.1) is 11.3 Å². The molecule has 1 aliphatic heterocycles. The fourth-order valence-corrected chi connectivity index (χ4v) is 2.33. The zero-order valence-electron chi connectivity index (χ0n) is 11.3. The van der Waals surface area contributed by atoms with Gasteiger partial charge in [0.15, 0.2) is 5.84 Å². The van der Waals surface area contributed by atoms with E-state index in [-0.39, 0.29) is 17.2 Å². The Balaban J connectivity index is 2.79. The lowest BCUT2D eigenvalue weighted by Crippen LogP contribution is -2.53. The van der Waals surface area contributed by atoms with Crippen LogP contribution in [0.1, 0.15) is 33.6 Å². The third kappa shape index (κ3) is 2.93. The van der Waals surface area contributed by atoms with Gasteiger partial charge < -0.3 is 20.9 Å². The standard InChI is InChI=1S/C12H23N3O3/c1-4-8(10(13)14-18)11(17)15-6-5-9(16)12(2,3)7-15/h8-9,16,18H,4-7H2,1-3H3,(H2,13,14). The number of carbonyl (C=O) groups is 1. The van der Waals surface area contributed by atoms with Crippen LogP contribution in [0.4, 0.5) is 0 Å². The molecule has 2 atom stereocenters. The molecule has 2 unspecified atom stereocenters. The number of aliphatic hydroxyl groups excluding tert-OH is 1. The largest absolute Gasteiger partial charge is 0.409 e. The van der Waals surface area contributed by atoms with Gasteiger partial charge in [-0.15, -0.1) is 0 Å². The lowest BCUT2D eigenvalue weighted by molar-refractivity contribution is -0.140. The van der Waals surface area contributed by atoms with Crippen LogP contribution in [0.15, 0.2) is 5.16 Å². The quantitative estimate of drug-likeness (QED) is 0.294. The smallest absolute Gasteiger partial charge is 0.233 e. The second kappa shape index (κ2) is 5.56. The molecule has 0 saturated carbocycles. The van der Waals surface area contributed by atoms with Crippen molar-refractivity contribution in [2.24, 2.45) is 22.2 Å². The molecule has 0 aromatic carbocycles. The van der Waals surface area contributed by atoms with E-state index < -0.39 is 12.0 Å². The second-order valence-corrected chi connectivity index (χ2v) is 5.54. The molecule has 0 bridgehead atoms. The van der Waals surface area contributed by atoms with E-state index in [0.29, 0.717) is 25.9 Å². The summed E-state index contributed by atoms with van der Waals surface area (Å²) in [5.41, 5.74) is 5.21. The van der Waals surface area contributed by atoms with Gasteiger partial charge >= 0.3 is 0 Å². The molecule has 0 spiro atoms. The first-order valence-corrected chi connectivity index (χ1v) is 6.27. The van der Waals surface area contributed by atoms with E-state index in [0.717, 1.165) is 0 Å². The van der Waals surface area contributed by atoms with Crippen molar-refractivity contribution >= 4 is 11.7 Å². The van der Waals surface area contributed by atoms with Gasteiger partial charge in [-0.1, -0.05) is 25.9 Å². The van der Waals surface area contributed by atoms with Crippen LogP contribution in [0.25, 0.3) is 0 Å². The number of piperidine rings is 1. The van der Waals surface area contributed by atoms with Crippen molar-refractivity contribution in [2.75, 3.05) is 13.1 Å². The second-order valence-electron chi connectivity index (χ2n) is 5.54. The number of hydrogen-bond acceptors (Lipinski definition) is 4. The van der Waals surface area contributed by atoms with Crippen molar-refractivity contribution in [3.05, 3.63) is 0 Å². The molecule has 1 saturated heterocycles. The minimum Gasteiger partial charge on any atom is -0.409 e. The van der Waals surface area contributed by atoms with E-state index in [1.54, 1.807) is 4.90 Å². The van der Waals surface area contributed by atoms with Gasteiger partial charge in [-0.3, -0.25) is 4.79 Å². The molecular weight excluding hydrogens is 234 g/mol. The van der Waals surface area contributed by atoms with Crippen molar-refractivity contribution in [1.82, 2.24) is 4.90 Å². The highest BCUT2D eigenvalue weighted by Crippen LogP contribution is 2.30. The molecule has 0 radical (unpaired) electrons. The molecule has 18 heavy (non-hydrogen) atoms. The summed E-state index contributed by atoms with van der Waals surface area (Å²) in [6, 6.07) is 0. The van der Waals surface area contributed by atoms with Crippen molar-refractivity contribution < 1.29 is 15.1 Å². The number of amides is 1. The van der Waals surface area contributed by atoms with Gasteiger partial charge in [0.1, 0.15) is 0 Å². The lowest BCUT2D eigenvalue weighted by atomic mass is 9.81. The van der Waals surface area contributed by atoms with Crippen LogP contribution in [0.2, 0.25) is 0 Å². The first-order valence-electron chi connectivity index (χ1n) is 6.27. The van der Waals surface area contributed by atoms with E-state index in [9.17, 15) is 9.90 Å². The highest BCUT2D eigenvalue weighted by Gasteiger charge is 2.38. The maximum Gasteiger partial charge on any atom is 0.233 e. The lowest BCUT2D eigenvalue weighted by Gasteiger charge is -2.42. The monoisotopic (exact) mass is 257 g/mol. The average molecular weight is 257 g/mol. The molecule has 1 amide bonds. The molecule has 6 nitrogen and oxygen atoms in total. The molecular formula is C12H23N3O3. The Morgan fingerprint density at radius 1 is 1.61 bits per heavy atom. The Kier molecular flexibility index (Phi) is 4.56. The Morgan fingerprint density at radius 3 is 2.67 bits per heavy atom. The summed E-state index contributed by atoms with van der Waals surface area (Å²) in [5, 5.41) is 21.5. The van der Waals surface area contributed by atoms with Crippen molar-refractivity contribution in [3.8, 4) is 0 Å². The molecule has 0 aromatic rings. The van der Waals surface area contributed by atoms with Gasteiger partial charge in [0, 0.05) is 18.5 Å². The molecule has 1 rings (SSSR count). The number of nitrogens with zero attached hydrogens (tertiary/aromatic N) is 2. The minimum atomic E-state index is -0.582. The van der Waals surface area contributed by atoms with Crippen LogP contribution in [-0.2, 0) is 4.79 Å². The Hall–Kier alpha value is -1.30. The van der Waals surface area contributed by atoms with E-state index in [1.165, 1.54) is 0 Å². The fourth-order valence-electron chi connectivity index (χ4n) is 2.33. The zero-order valence-corrected chi connectivity index (χ0v) is 11.3. The number of hydrogen-bond donors (Lipinski definition) is 3. The molecule has 6 heteroatoms. The molecule has 1 fully saturated rings. The topological polar surface area (TPSA) is 99.2 Å². The third-order valence-electron chi connectivity index (χ3n) is 3.66. The summed E-state index contributed by atoms with van der Waals surface area (Å²) in [4.78, 5) is 14.0. The number of aliphatic hydroxyl groups is 1. The van der Waals surface area contributed by atoms with E-state index in [1.807, 2.05) is 20.8 Å². The summed E-state index contributed by atoms with van der Waals surface area (Å²) in [6.45, 7) is 6.69. The van der Waals surface area contributed by atoms with Crippen LogP contribution < -0.4 is 5.73 Å². The zero-order chi connectivity index (χ0) is 13.9. The predicted octanol–water partition coefficient (Wildman–Crippen LogP) is 0.378. The van der Waals surface area contributed by atoms with Gasteiger partial charge in [0.05, 0.1) is 12.0 Å². The Labute approximate surface area is 107 Å². The van der Waals surface area contributed by atoms with Crippen molar-refractivity contribution in [1.29, 1.82) is 0 Å². The van der Waals surface area contributed by atoms with E-state index >= 15 is 0 Å². The number of amidine groups is 1. The first-order chi connectivity index (χ1) is 8.33. The maximum absolute atomic E-state index is 12.3. The number of rotatable bonds is 3. The molecule has 1 aliphatic rings. The summed E-state index contributed by atoms with van der Waals surface area (Å²) in [5.74, 6) is -0.764.